The molecule has 29 heavy (non-hydrogen) atoms. The van der Waals surface area contributed by atoms with Crippen LogP contribution >= 0.6 is 0 Å². The zero-order valence-corrected chi connectivity index (χ0v) is 16.5. The molecule has 1 saturated heterocycles. The van der Waals surface area contributed by atoms with Crippen LogP contribution in [-0.4, -0.2) is 36.4 Å². The van der Waals surface area contributed by atoms with E-state index in [9.17, 15) is 4.79 Å². The zero-order chi connectivity index (χ0) is 19.7. The molecule has 154 valence electrons. The van der Waals surface area contributed by atoms with Crippen molar-refractivity contribution >= 4 is 11.7 Å². The van der Waals surface area contributed by atoms with E-state index in [4.69, 9.17) is 13.9 Å². The van der Waals surface area contributed by atoms with E-state index in [1.54, 1.807) is 6.26 Å². The molecule has 5 rings (SSSR count). The Morgan fingerprint density at radius 3 is 2.62 bits per heavy atom. The van der Waals surface area contributed by atoms with Gasteiger partial charge in [0.05, 0.1) is 12.3 Å². The van der Waals surface area contributed by atoms with Crippen molar-refractivity contribution in [2.45, 2.75) is 50.4 Å². The third kappa shape index (κ3) is 3.79. The molecule has 7 heteroatoms. The molecular weight excluding hydrogens is 370 g/mol. The molecule has 0 unspecified atom stereocenters. The summed E-state index contributed by atoms with van der Waals surface area (Å²) in [6.07, 6.45) is 8.11. The number of fused-ring (bicyclic) bond motifs is 1. The molecule has 3 heterocycles. The van der Waals surface area contributed by atoms with Crippen molar-refractivity contribution in [1.82, 2.24) is 10.2 Å². The lowest BCUT2D eigenvalue weighted by Crippen LogP contribution is -2.38. The molecular formula is C22H27N3O4. The van der Waals surface area contributed by atoms with Crippen molar-refractivity contribution in [2.75, 3.05) is 25.0 Å². The van der Waals surface area contributed by atoms with E-state index in [0.29, 0.717) is 18.0 Å². The maximum atomic E-state index is 12.5. The van der Waals surface area contributed by atoms with Gasteiger partial charge in [0, 0.05) is 31.1 Å². The van der Waals surface area contributed by atoms with E-state index in [-0.39, 0.29) is 12.1 Å². The van der Waals surface area contributed by atoms with Crippen LogP contribution in [0.25, 0.3) is 0 Å². The van der Waals surface area contributed by atoms with Crippen molar-refractivity contribution < 1.29 is 18.7 Å². The smallest absolute Gasteiger partial charge is 0.319 e. The van der Waals surface area contributed by atoms with Crippen LogP contribution in [0.4, 0.5) is 10.5 Å². The molecule has 2 amide bonds. The topological polar surface area (TPSA) is 76.0 Å². The van der Waals surface area contributed by atoms with Crippen LogP contribution < -0.4 is 20.1 Å². The van der Waals surface area contributed by atoms with Gasteiger partial charge < -0.3 is 24.5 Å². The average molecular weight is 397 g/mol. The number of nitrogens with one attached hydrogen (secondary N) is 2. The molecule has 2 N–H and O–H groups in total. The summed E-state index contributed by atoms with van der Waals surface area (Å²) in [4.78, 5) is 14.9. The normalized spacial score (nSPS) is 20.8. The number of ether oxygens (including phenoxy) is 2. The Balaban J connectivity index is 1.20. The van der Waals surface area contributed by atoms with E-state index in [1.165, 1.54) is 12.8 Å². The summed E-state index contributed by atoms with van der Waals surface area (Å²) in [5.41, 5.74) is 0.690. The summed E-state index contributed by atoms with van der Waals surface area (Å²) < 4.78 is 17.7. The Hall–Kier alpha value is -2.67. The van der Waals surface area contributed by atoms with Crippen LogP contribution in [-0.2, 0) is 0 Å². The molecule has 3 aliphatic rings. The number of benzene rings is 1. The molecule has 0 radical (unpaired) electrons. The number of hydrogen-bond donors (Lipinski definition) is 2. The number of nitrogens with zero attached hydrogens (tertiary/aromatic N) is 1. The van der Waals surface area contributed by atoms with Gasteiger partial charge in [-0.15, -0.1) is 0 Å². The van der Waals surface area contributed by atoms with Crippen LogP contribution in [0, 0.1) is 0 Å². The second-order valence-corrected chi connectivity index (χ2v) is 8.09. The van der Waals surface area contributed by atoms with Gasteiger partial charge in [-0.2, -0.15) is 0 Å². The highest BCUT2D eigenvalue weighted by Crippen LogP contribution is 2.47. The third-order valence-electron chi connectivity index (χ3n) is 6.07. The third-order valence-corrected chi connectivity index (χ3v) is 6.07. The number of hydrogen-bond acceptors (Lipinski definition) is 5. The lowest BCUT2D eigenvalue weighted by Gasteiger charge is -2.26. The first-order chi connectivity index (χ1) is 14.2. The molecule has 1 atom stereocenters. The lowest BCUT2D eigenvalue weighted by atomic mass is 10.2. The Morgan fingerprint density at radius 1 is 1.07 bits per heavy atom. The monoisotopic (exact) mass is 397 g/mol. The maximum absolute atomic E-state index is 12.5. The largest absolute Gasteiger partial charge is 0.468 e. The molecule has 0 bridgehead atoms. The van der Waals surface area contributed by atoms with Gasteiger partial charge >= 0.3 is 6.03 Å². The number of urea groups is 1. The number of anilines is 1. The molecule has 1 spiro atoms. The molecule has 7 nitrogen and oxygen atoms in total. The quantitative estimate of drug-likeness (QED) is 0.788. The standard InChI is InChI=1S/C22H27N3O4/c26-21(23-15-17(18-6-5-13-27-18)25-11-3-4-12-25)24-16-7-8-19-20(14-16)29-22(28-19)9-1-2-10-22/h5-8,13-14,17H,1-4,9-12,15H2,(H2,23,24,26)/t17-/m0/s1. The first kappa shape index (κ1) is 18.4. The van der Waals surface area contributed by atoms with Gasteiger partial charge in [-0.25, -0.2) is 4.79 Å². The Morgan fingerprint density at radius 2 is 1.86 bits per heavy atom. The molecule has 1 aromatic heterocycles. The zero-order valence-electron chi connectivity index (χ0n) is 16.5. The number of rotatable bonds is 5. The minimum absolute atomic E-state index is 0.0530. The van der Waals surface area contributed by atoms with Gasteiger partial charge in [0.25, 0.3) is 5.79 Å². The minimum Gasteiger partial charge on any atom is -0.468 e. The number of carbonyl (C=O) groups is 1. The van der Waals surface area contributed by atoms with E-state index >= 15 is 0 Å². The van der Waals surface area contributed by atoms with Crippen LogP contribution in [0.2, 0.25) is 0 Å². The van der Waals surface area contributed by atoms with Crippen LogP contribution in [0.1, 0.15) is 50.3 Å². The Kier molecular flexibility index (Phi) is 4.83. The number of furan rings is 1. The van der Waals surface area contributed by atoms with E-state index < -0.39 is 5.79 Å². The Labute approximate surface area is 170 Å². The van der Waals surface area contributed by atoms with Crippen molar-refractivity contribution in [2.24, 2.45) is 0 Å². The molecule has 1 saturated carbocycles. The van der Waals surface area contributed by atoms with E-state index in [2.05, 4.69) is 15.5 Å². The number of likely N-dealkylation sites (tertiary alicyclic amines) is 1. The molecule has 1 aromatic carbocycles. The summed E-state index contributed by atoms with van der Waals surface area (Å²) >= 11 is 0. The lowest BCUT2D eigenvalue weighted by molar-refractivity contribution is -0.0716. The van der Waals surface area contributed by atoms with Gasteiger partial charge in [0.2, 0.25) is 0 Å². The average Bonchev–Trinajstić information content (AvgIpc) is 3.51. The van der Waals surface area contributed by atoms with Gasteiger partial charge in [-0.3, -0.25) is 4.90 Å². The molecule has 2 aromatic rings. The fourth-order valence-electron chi connectivity index (χ4n) is 4.60. The van der Waals surface area contributed by atoms with Crippen molar-refractivity contribution in [1.29, 1.82) is 0 Å². The Bertz CT molecular complexity index is 855. The summed E-state index contributed by atoms with van der Waals surface area (Å²) in [6, 6.07) is 9.23. The number of amides is 2. The van der Waals surface area contributed by atoms with Crippen molar-refractivity contribution in [3.05, 3.63) is 42.4 Å². The highest BCUT2D eigenvalue weighted by atomic mass is 16.7. The van der Waals surface area contributed by atoms with Gasteiger partial charge in [0.15, 0.2) is 11.5 Å². The highest BCUT2D eigenvalue weighted by molar-refractivity contribution is 5.89. The fraction of sp³-hybridized carbons (Fsp3) is 0.500. The first-order valence-corrected chi connectivity index (χ1v) is 10.6. The first-order valence-electron chi connectivity index (χ1n) is 10.6. The predicted octanol–water partition coefficient (Wildman–Crippen LogP) is 4.28. The van der Waals surface area contributed by atoms with Crippen molar-refractivity contribution in [3.63, 3.8) is 0 Å². The maximum Gasteiger partial charge on any atom is 0.319 e. The molecule has 2 aliphatic heterocycles. The molecule has 2 fully saturated rings. The SMILES string of the molecule is O=C(NC[C@@H](c1ccco1)N1CCCC1)Nc1ccc2c(c1)OC1(CCCC1)O2. The fourth-order valence-corrected chi connectivity index (χ4v) is 4.60. The van der Waals surface area contributed by atoms with Gasteiger partial charge in [-0.1, -0.05) is 0 Å². The van der Waals surface area contributed by atoms with Gasteiger partial charge in [-0.05, 0) is 63.0 Å². The molecule has 1 aliphatic carbocycles. The minimum atomic E-state index is -0.491. The summed E-state index contributed by atoms with van der Waals surface area (Å²) in [7, 11) is 0. The summed E-state index contributed by atoms with van der Waals surface area (Å²) in [5.74, 6) is 1.85. The second kappa shape index (κ2) is 7.63. The van der Waals surface area contributed by atoms with Gasteiger partial charge in [0.1, 0.15) is 5.76 Å². The highest BCUT2D eigenvalue weighted by Gasteiger charge is 2.44. The second-order valence-electron chi connectivity index (χ2n) is 8.09. The van der Waals surface area contributed by atoms with Crippen molar-refractivity contribution in [3.8, 4) is 11.5 Å². The summed E-state index contributed by atoms with van der Waals surface area (Å²) in [6.45, 7) is 2.55. The van der Waals surface area contributed by atoms with Crippen LogP contribution in [0.15, 0.2) is 41.0 Å². The van der Waals surface area contributed by atoms with E-state index in [0.717, 1.165) is 50.3 Å². The van der Waals surface area contributed by atoms with Crippen LogP contribution in [0.5, 0.6) is 11.5 Å². The van der Waals surface area contributed by atoms with E-state index in [1.807, 2.05) is 30.3 Å². The van der Waals surface area contributed by atoms with Crippen LogP contribution in [0.3, 0.4) is 0 Å². The number of carbonyl (C=O) groups excluding carboxylic acids is 1. The predicted molar refractivity (Wildman–Crippen MR) is 108 cm³/mol. The summed E-state index contributed by atoms with van der Waals surface area (Å²) in [5, 5.41) is 5.90.